The normalized spacial score (nSPS) is 10.5. The van der Waals surface area contributed by atoms with Gasteiger partial charge in [-0.3, -0.25) is 9.78 Å². The molecule has 1 N–H and O–H groups in total. The second-order valence-electron chi connectivity index (χ2n) is 5.01. The number of nitrogens with zero attached hydrogens (tertiary/aromatic N) is 3. The first kappa shape index (κ1) is 15.8. The summed E-state index contributed by atoms with van der Waals surface area (Å²) in [6.45, 7) is 0.470. The number of amides is 1. The molecule has 1 amide bonds. The molecule has 7 nitrogen and oxygen atoms in total. The fraction of sp³-hybridized carbons (Fsp3) is 0.176. The SMILES string of the molecule is O=C(COCc1nc(-c2cccnc2)no1)NCc1ccccc1. The summed E-state index contributed by atoms with van der Waals surface area (Å²) in [6.07, 6.45) is 3.31. The topological polar surface area (TPSA) is 90.1 Å². The van der Waals surface area contributed by atoms with Gasteiger partial charge in [0, 0.05) is 24.5 Å². The van der Waals surface area contributed by atoms with Crippen molar-refractivity contribution in [2.75, 3.05) is 6.61 Å². The first-order valence-corrected chi connectivity index (χ1v) is 7.42. The standard InChI is InChI=1S/C17H16N4O3/c22-15(19-9-13-5-2-1-3-6-13)11-23-12-16-20-17(21-24-16)14-7-4-8-18-10-14/h1-8,10H,9,11-12H2,(H,19,22). The van der Waals surface area contributed by atoms with Crippen LogP contribution in [0.2, 0.25) is 0 Å². The van der Waals surface area contributed by atoms with Crippen LogP contribution in [0, 0.1) is 0 Å². The minimum atomic E-state index is -0.203. The number of benzene rings is 1. The average molecular weight is 324 g/mol. The van der Waals surface area contributed by atoms with Crippen molar-refractivity contribution in [1.29, 1.82) is 0 Å². The maximum Gasteiger partial charge on any atom is 0.252 e. The zero-order chi connectivity index (χ0) is 16.6. The van der Waals surface area contributed by atoms with Gasteiger partial charge in [-0.15, -0.1) is 0 Å². The van der Waals surface area contributed by atoms with E-state index in [1.54, 1.807) is 18.5 Å². The van der Waals surface area contributed by atoms with Gasteiger partial charge in [0.2, 0.25) is 11.7 Å². The van der Waals surface area contributed by atoms with Gasteiger partial charge in [0.05, 0.1) is 0 Å². The predicted molar refractivity (Wildman–Crippen MR) is 85.5 cm³/mol. The molecule has 122 valence electrons. The Kier molecular flexibility index (Phi) is 5.26. The van der Waals surface area contributed by atoms with E-state index in [1.165, 1.54) is 0 Å². The zero-order valence-electron chi connectivity index (χ0n) is 12.9. The molecule has 0 aliphatic heterocycles. The number of carbonyl (C=O) groups excluding carboxylic acids is 1. The van der Waals surface area contributed by atoms with E-state index in [4.69, 9.17) is 9.26 Å². The molecule has 0 saturated heterocycles. The average Bonchev–Trinajstić information content (AvgIpc) is 3.11. The van der Waals surface area contributed by atoms with Crippen LogP contribution in [0.3, 0.4) is 0 Å². The van der Waals surface area contributed by atoms with Crippen molar-refractivity contribution in [3.63, 3.8) is 0 Å². The second kappa shape index (κ2) is 7.98. The molecule has 0 saturated carbocycles. The van der Waals surface area contributed by atoms with E-state index in [-0.39, 0.29) is 19.1 Å². The van der Waals surface area contributed by atoms with Crippen LogP contribution in [0.15, 0.2) is 59.4 Å². The molecule has 0 bridgehead atoms. The molecule has 0 radical (unpaired) electrons. The molecule has 2 aromatic heterocycles. The summed E-state index contributed by atoms with van der Waals surface area (Å²) in [7, 11) is 0. The predicted octanol–water partition coefficient (Wildman–Crippen LogP) is 1.96. The third-order valence-electron chi connectivity index (χ3n) is 3.18. The molecule has 3 rings (SSSR count). The Labute approximate surface area is 138 Å². The summed E-state index contributed by atoms with van der Waals surface area (Å²) >= 11 is 0. The summed E-state index contributed by atoms with van der Waals surface area (Å²) in [5.74, 6) is 0.547. The van der Waals surface area contributed by atoms with Gasteiger partial charge < -0.3 is 14.6 Å². The van der Waals surface area contributed by atoms with Crippen LogP contribution < -0.4 is 5.32 Å². The first-order valence-electron chi connectivity index (χ1n) is 7.42. The van der Waals surface area contributed by atoms with Crippen molar-refractivity contribution < 1.29 is 14.1 Å². The van der Waals surface area contributed by atoms with Crippen molar-refractivity contribution in [1.82, 2.24) is 20.4 Å². The Balaban J connectivity index is 1.42. The molecular formula is C17H16N4O3. The van der Waals surface area contributed by atoms with Gasteiger partial charge in [-0.25, -0.2) is 0 Å². The van der Waals surface area contributed by atoms with Crippen LogP contribution >= 0.6 is 0 Å². The molecule has 24 heavy (non-hydrogen) atoms. The molecule has 3 aromatic rings. The van der Waals surface area contributed by atoms with E-state index in [1.807, 2.05) is 36.4 Å². The summed E-state index contributed by atoms with van der Waals surface area (Å²) < 4.78 is 10.4. The summed E-state index contributed by atoms with van der Waals surface area (Å²) in [5, 5.41) is 6.63. The minimum Gasteiger partial charge on any atom is -0.362 e. The Morgan fingerprint density at radius 3 is 2.83 bits per heavy atom. The third-order valence-corrected chi connectivity index (χ3v) is 3.18. The lowest BCUT2D eigenvalue weighted by molar-refractivity contribution is -0.126. The Morgan fingerprint density at radius 1 is 1.17 bits per heavy atom. The van der Waals surface area contributed by atoms with Crippen LogP contribution in [0.25, 0.3) is 11.4 Å². The first-order chi connectivity index (χ1) is 11.8. The molecule has 2 heterocycles. The van der Waals surface area contributed by atoms with Gasteiger partial charge in [0.1, 0.15) is 13.2 Å². The van der Waals surface area contributed by atoms with E-state index in [0.717, 1.165) is 11.1 Å². The fourth-order valence-electron chi connectivity index (χ4n) is 2.00. The lowest BCUT2D eigenvalue weighted by Gasteiger charge is -2.05. The molecule has 0 fully saturated rings. The second-order valence-corrected chi connectivity index (χ2v) is 5.01. The number of pyridine rings is 1. The highest BCUT2D eigenvalue weighted by Gasteiger charge is 2.09. The smallest absolute Gasteiger partial charge is 0.252 e. The number of nitrogens with one attached hydrogen (secondary N) is 1. The molecule has 0 atom stereocenters. The molecule has 0 unspecified atom stereocenters. The lowest BCUT2D eigenvalue weighted by atomic mass is 10.2. The van der Waals surface area contributed by atoms with Gasteiger partial charge in [-0.2, -0.15) is 4.98 Å². The number of ether oxygens (including phenoxy) is 1. The van der Waals surface area contributed by atoms with Gasteiger partial charge in [0.15, 0.2) is 0 Å². The maximum atomic E-state index is 11.7. The highest BCUT2D eigenvalue weighted by atomic mass is 16.5. The Bertz CT molecular complexity index is 775. The fourth-order valence-corrected chi connectivity index (χ4v) is 2.00. The monoisotopic (exact) mass is 324 g/mol. The van der Waals surface area contributed by atoms with Crippen LogP contribution in [-0.4, -0.2) is 27.6 Å². The quantitative estimate of drug-likeness (QED) is 0.714. The van der Waals surface area contributed by atoms with E-state index >= 15 is 0 Å². The van der Waals surface area contributed by atoms with Gasteiger partial charge in [-0.05, 0) is 17.7 Å². The number of rotatable bonds is 7. The van der Waals surface area contributed by atoms with Gasteiger partial charge in [-0.1, -0.05) is 35.5 Å². The summed E-state index contributed by atoms with van der Waals surface area (Å²) in [4.78, 5) is 19.9. The number of hydrogen-bond acceptors (Lipinski definition) is 6. The third kappa shape index (κ3) is 4.47. The highest BCUT2D eigenvalue weighted by Crippen LogP contribution is 2.13. The molecule has 1 aromatic carbocycles. The van der Waals surface area contributed by atoms with E-state index < -0.39 is 0 Å². The molecule has 7 heteroatoms. The lowest BCUT2D eigenvalue weighted by Crippen LogP contribution is -2.27. The Hall–Kier alpha value is -3.06. The number of carbonyl (C=O) groups is 1. The zero-order valence-corrected chi connectivity index (χ0v) is 12.9. The van der Waals surface area contributed by atoms with Crippen LogP contribution in [0.1, 0.15) is 11.5 Å². The highest BCUT2D eigenvalue weighted by molar-refractivity contribution is 5.77. The van der Waals surface area contributed by atoms with Crippen molar-refractivity contribution in [2.24, 2.45) is 0 Å². The molecular weight excluding hydrogens is 308 g/mol. The minimum absolute atomic E-state index is 0.0720. The molecule has 0 spiro atoms. The van der Waals surface area contributed by atoms with Crippen molar-refractivity contribution in [3.8, 4) is 11.4 Å². The van der Waals surface area contributed by atoms with Crippen molar-refractivity contribution >= 4 is 5.91 Å². The van der Waals surface area contributed by atoms with Gasteiger partial charge >= 0.3 is 0 Å². The Morgan fingerprint density at radius 2 is 2.04 bits per heavy atom. The summed E-state index contributed by atoms with van der Waals surface area (Å²) in [6, 6.07) is 13.3. The van der Waals surface area contributed by atoms with Crippen LogP contribution in [0.5, 0.6) is 0 Å². The maximum absolute atomic E-state index is 11.7. The number of aromatic nitrogens is 3. The van der Waals surface area contributed by atoms with Crippen LogP contribution in [-0.2, 0) is 22.7 Å². The van der Waals surface area contributed by atoms with Crippen molar-refractivity contribution in [2.45, 2.75) is 13.2 Å². The van der Waals surface area contributed by atoms with E-state index in [9.17, 15) is 4.79 Å². The van der Waals surface area contributed by atoms with Crippen molar-refractivity contribution in [3.05, 3.63) is 66.3 Å². The van der Waals surface area contributed by atoms with Gasteiger partial charge in [0.25, 0.3) is 5.89 Å². The van der Waals surface area contributed by atoms with E-state index in [2.05, 4.69) is 20.4 Å². The molecule has 0 aliphatic rings. The van der Waals surface area contributed by atoms with E-state index in [0.29, 0.717) is 18.3 Å². The largest absolute Gasteiger partial charge is 0.362 e. The summed E-state index contributed by atoms with van der Waals surface area (Å²) in [5.41, 5.74) is 1.79. The molecule has 0 aliphatic carbocycles. The number of hydrogen-bond donors (Lipinski definition) is 1. The van der Waals surface area contributed by atoms with Crippen LogP contribution in [0.4, 0.5) is 0 Å².